The van der Waals surface area contributed by atoms with E-state index >= 15 is 0 Å². The van der Waals surface area contributed by atoms with E-state index in [9.17, 15) is 4.79 Å². The lowest BCUT2D eigenvalue weighted by Crippen LogP contribution is -2.28. The van der Waals surface area contributed by atoms with Gasteiger partial charge in [0.1, 0.15) is 5.75 Å². The molecule has 1 aromatic rings. The van der Waals surface area contributed by atoms with Crippen molar-refractivity contribution < 1.29 is 14.3 Å². The lowest BCUT2D eigenvalue weighted by atomic mass is 10.2. The number of benzene rings is 1. The minimum absolute atomic E-state index is 0.114. The van der Waals surface area contributed by atoms with Gasteiger partial charge in [-0.25, -0.2) is 0 Å². The number of carbonyl (C=O) groups is 1. The zero-order valence-corrected chi connectivity index (χ0v) is 12.9. The van der Waals surface area contributed by atoms with Crippen LogP contribution in [0, 0.1) is 0 Å². The molecular weight excluding hydrogens is 310 g/mol. The molecule has 106 valence electrons. The fourth-order valence-electron chi connectivity index (χ4n) is 1.44. The Balaban J connectivity index is 2.43. The van der Waals surface area contributed by atoms with E-state index in [1.165, 1.54) is 0 Å². The number of nitrogens with one attached hydrogen (secondary N) is 1. The molecule has 0 saturated carbocycles. The molecule has 0 aliphatic heterocycles. The maximum Gasteiger partial charge on any atom is 0.251 e. The molecule has 0 aromatic heterocycles. The monoisotopic (exact) mass is 329 g/mol. The van der Waals surface area contributed by atoms with Gasteiger partial charge in [0.25, 0.3) is 5.91 Å². The minimum Gasteiger partial charge on any atom is -0.493 e. The minimum atomic E-state index is -0.114. The van der Waals surface area contributed by atoms with Crippen molar-refractivity contribution in [1.29, 1.82) is 0 Å². The molecule has 0 aliphatic rings. The van der Waals surface area contributed by atoms with Crippen LogP contribution in [0.2, 0.25) is 0 Å². The summed E-state index contributed by atoms with van der Waals surface area (Å²) in [5, 5.41) is 3.57. The molecular formula is C14H20BrNO3. The molecule has 0 aliphatic carbocycles. The van der Waals surface area contributed by atoms with E-state index in [-0.39, 0.29) is 12.0 Å². The topological polar surface area (TPSA) is 47.6 Å². The molecule has 0 heterocycles. The Morgan fingerprint density at radius 3 is 2.84 bits per heavy atom. The van der Waals surface area contributed by atoms with Gasteiger partial charge in [-0.3, -0.25) is 4.79 Å². The SMILES string of the molecule is CC(C)OCCNC(=O)c1cccc(OCCBr)c1. The Labute approximate surface area is 122 Å². The number of carbonyl (C=O) groups excluding carboxylic acids is 1. The van der Waals surface area contributed by atoms with E-state index in [4.69, 9.17) is 9.47 Å². The van der Waals surface area contributed by atoms with Crippen molar-refractivity contribution in [3.63, 3.8) is 0 Å². The molecule has 5 heteroatoms. The second-order valence-corrected chi connectivity index (χ2v) is 5.03. The summed E-state index contributed by atoms with van der Waals surface area (Å²) in [7, 11) is 0. The standard InChI is InChI=1S/C14H20BrNO3/c1-11(2)18-9-7-16-14(17)12-4-3-5-13(10-12)19-8-6-15/h3-5,10-11H,6-9H2,1-2H3,(H,16,17). The molecule has 1 rings (SSSR count). The van der Waals surface area contributed by atoms with E-state index in [1.54, 1.807) is 12.1 Å². The molecule has 0 atom stereocenters. The summed E-state index contributed by atoms with van der Waals surface area (Å²) in [5.41, 5.74) is 0.594. The first-order valence-electron chi connectivity index (χ1n) is 6.32. The molecule has 19 heavy (non-hydrogen) atoms. The maximum atomic E-state index is 11.9. The second-order valence-electron chi connectivity index (χ2n) is 4.24. The Kier molecular flexibility index (Phi) is 7.52. The first kappa shape index (κ1) is 16.0. The lowest BCUT2D eigenvalue weighted by molar-refractivity contribution is 0.0746. The number of hydrogen-bond donors (Lipinski definition) is 1. The van der Waals surface area contributed by atoms with Crippen LogP contribution in [0.25, 0.3) is 0 Å². The fourth-order valence-corrected chi connectivity index (χ4v) is 1.61. The number of alkyl halides is 1. The molecule has 4 nitrogen and oxygen atoms in total. The summed E-state index contributed by atoms with van der Waals surface area (Å²) in [6.45, 7) is 5.53. The molecule has 0 saturated heterocycles. The summed E-state index contributed by atoms with van der Waals surface area (Å²) >= 11 is 3.29. The molecule has 1 aromatic carbocycles. The number of halogens is 1. The summed E-state index contributed by atoms with van der Waals surface area (Å²) in [5.74, 6) is 0.585. The Bertz CT molecular complexity index is 396. The van der Waals surface area contributed by atoms with Crippen molar-refractivity contribution in [3.05, 3.63) is 29.8 Å². The molecule has 0 radical (unpaired) electrons. The third-order valence-electron chi connectivity index (χ3n) is 2.28. The van der Waals surface area contributed by atoms with E-state index in [0.29, 0.717) is 31.1 Å². The number of rotatable bonds is 8. The molecule has 0 fully saturated rings. The van der Waals surface area contributed by atoms with E-state index < -0.39 is 0 Å². The van der Waals surface area contributed by atoms with Crippen LogP contribution in [0.1, 0.15) is 24.2 Å². The zero-order valence-electron chi connectivity index (χ0n) is 11.3. The van der Waals surface area contributed by atoms with Gasteiger partial charge in [-0.05, 0) is 32.0 Å². The van der Waals surface area contributed by atoms with Gasteiger partial charge in [-0.1, -0.05) is 22.0 Å². The zero-order chi connectivity index (χ0) is 14.1. The smallest absolute Gasteiger partial charge is 0.251 e. The van der Waals surface area contributed by atoms with Gasteiger partial charge in [0.2, 0.25) is 0 Å². The van der Waals surface area contributed by atoms with Crippen molar-refractivity contribution in [1.82, 2.24) is 5.32 Å². The predicted octanol–water partition coefficient (Wildman–Crippen LogP) is 2.62. The van der Waals surface area contributed by atoms with Crippen LogP contribution in [-0.2, 0) is 4.74 Å². The van der Waals surface area contributed by atoms with E-state index in [0.717, 1.165) is 5.33 Å². The summed E-state index contributed by atoms with van der Waals surface area (Å²) < 4.78 is 10.8. The quantitative estimate of drug-likeness (QED) is 0.589. The van der Waals surface area contributed by atoms with E-state index in [2.05, 4.69) is 21.2 Å². The lowest BCUT2D eigenvalue weighted by Gasteiger charge is -2.09. The van der Waals surface area contributed by atoms with Crippen LogP contribution in [0.5, 0.6) is 5.75 Å². The highest BCUT2D eigenvalue weighted by Gasteiger charge is 2.06. The van der Waals surface area contributed by atoms with Gasteiger partial charge in [-0.15, -0.1) is 0 Å². The van der Waals surface area contributed by atoms with Gasteiger partial charge in [0, 0.05) is 17.4 Å². The first-order chi connectivity index (χ1) is 9.13. The third kappa shape index (κ3) is 6.59. The number of ether oxygens (including phenoxy) is 2. The van der Waals surface area contributed by atoms with Gasteiger partial charge >= 0.3 is 0 Å². The van der Waals surface area contributed by atoms with Crippen LogP contribution >= 0.6 is 15.9 Å². The van der Waals surface area contributed by atoms with Gasteiger partial charge in [-0.2, -0.15) is 0 Å². The number of amides is 1. The van der Waals surface area contributed by atoms with Gasteiger partial charge < -0.3 is 14.8 Å². The van der Waals surface area contributed by atoms with E-state index in [1.807, 2.05) is 26.0 Å². The van der Waals surface area contributed by atoms with Crippen LogP contribution in [-0.4, -0.2) is 37.1 Å². The van der Waals surface area contributed by atoms with Gasteiger partial charge in [0.05, 0.1) is 19.3 Å². The Morgan fingerprint density at radius 2 is 2.16 bits per heavy atom. The molecule has 1 amide bonds. The fraction of sp³-hybridized carbons (Fsp3) is 0.500. The summed E-state index contributed by atoms with van der Waals surface area (Å²) in [4.78, 5) is 11.9. The van der Waals surface area contributed by atoms with Crippen molar-refractivity contribution in [3.8, 4) is 5.75 Å². The summed E-state index contributed by atoms with van der Waals surface area (Å²) in [6.07, 6.45) is 0.179. The highest BCUT2D eigenvalue weighted by atomic mass is 79.9. The average molecular weight is 330 g/mol. The largest absolute Gasteiger partial charge is 0.493 e. The Hall–Kier alpha value is -1.07. The average Bonchev–Trinajstić information content (AvgIpc) is 2.41. The molecule has 0 spiro atoms. The molecule has 0 unspecified atom stereocenters. The Morgan fingerprint density at radius 1 is 1.37 bits per heavy atom. The van der Waals surface area contributed by atoms with Crippen LogP contribution in [0.15, 0.2) is 24.3 Å². The van der Waals surface area contributed by atoms with Crippen LogP contribution in [0.4, 0.5) is 0 Å². The second kappa shape index (κ2) is 8.93. The predicted molar refractivity (Wildman–Crippen MR) is 79.2 cm³/mol. The van der Waals surface area contributed by atoms with Crippen molar-refractivity contribution in [2.24, 2.45) is 0 Å². The third-order valence-corrected chi connectivity index (χ3v) is 2.60. The van der Waals surface area contributed by atoms with Gasteiger partial charge in [0.15, 0.2) is 0 Å². The highest BCUT2D eigenvalue weighted by Crippen LogP contribution is 2.13. The number of hydrogen-bond acceptors (Lipinski definition) is 3. The molecule has 0 bridgehead atoms. The molecule has 1 N–H and O–H groups in total. The normalized spacial score (nSPS) is 10.5. The first-order valence-corrected chi connectivity index (χ1v) is 7.44. The highest BCUT2D eigenvalue weighted by molar-refractivity contribution is 9.09. The maximum absolute atomic E-state index is 11.9. The van der Waals surface area contributed by atoms with Crippen molar-refractivity contribution in [2.75, 3.05) is 25.1 Å². The van der Waals surface area contributed by atoms with Crippen LogP contribution < -0.4 is 10.1 Å². The van der Waals surface area contributed by atoms with Crippen molar-refractivity contribution in [2.45, 2.75) is 20.0 Å². The summed E-state index contributed by atoms with van der Waals surface area (Å²) in [6, 6.07) is 7.14. The van der Waals surface area contributed by atoms with Crippen LogP contribution in [0.3, 0.4) is 0 Å². The van der Waals surface area contributed by atoms with Crippen molar-refractivity contribution >= 4 is 21.8 Å².